The average Bonchev–Trinajstić information content (AvgIpc) is 3.19. The Morgan fingerprint density at radius 1 is 1.19 bits per heavy atom. The van der Waals surface area contributed by atoms with Gasteiger partial charge >= 0.3 is 0 Å². The van der Waals surface area contributed by atoms with Crippen LogP contribution in [0.25, 0.3) is 0 Å². The second-order valence-electron chi connectivity index (χ2n) is 7.13. The lowest BCUT2D eigenvalue weighted by Crippen LogP contribution is -2.40. The summed E-state index contributed by atoms with van der Waals surface area (Å²) in [5.74, 6) is 1.81. The Kier molecular flexibility index (Phi) is 10.0. The van der Waals surface area contributed by atoms with E-state index in [0.717, 1.165) is 44.4 Å². The van der Waals surface area contributed by atoms with Crippen molar-refractivity contribution >= 4 is 5.96 Å². The third-order valence-corrected chi connectivity index (χ3v) is 4.91. The molecule has 0 atom stereocenters. The summed E-state index contributed by atoms with van der Waals surface area (Å²) in [4.78, 5) is 6.62. The Balaban J connectivity index is 1.74. The van der Waals surface area contributed by atoms with Crippen molar-refractivity contribution in [2.45, 2.75) is 44.8 Å². The van der Waals surface area contributed by atoms with Gasteiger partial charge in [-0.3, -0.25) is 4.99 Å². The summed E-state index contributed by atoms with van der Waals surface area (Å²) in [5.41, 5.74) is 1.17. The monoisotopic (exact) mass is 376 g/mol. The standard InChI is InChI=1S/C21H36N4O2/c1-22-21(23-13-15-25(2)14-8-16-26-3)24-17-18-9-4-7-12-20(18)27-19-10-5-6-11-19/h4,7,9,12,19H,5-6,8,10-11,13-17H2,1-3H3,(H2,22,23,24). The molecule has 1 saturated carbocycles. The second-order valence-corrected chi connectivity index (χ2v) is 7.13. The third-order valence-electron chi connectivity index (χ3n) is 4.91. The predicted octanol–water partition coefficient (Wildman–Crippen LogP) is 2.64. The molecule has 0 bridgehead atoms. The Labute approximate surface area is 164 Å². The first-order valence-corrected chi connectivity index (χ1v) is 10.1. The number of nitrogens with zero attached hydrogens (tertiary/aromatic N) is 2. The zero-order valence-corrected chi connectivity index (χ0v) is 17.2. The fourth-order valence-corrected chi connectivity index (χ4v) is 3.31. The molecule has 1 aliphatic carbocycles. The minimum Gasteiger partial charge on any atom is -0.490 e. The molecule has 0 spiro atoms. The van der Waals surface area contributed by atoms with E-state index in [1.165, 1.54) is 31.2 Å². The quantitative estimate of drug-likeness (QED) is 0.353. The van der Waals surface area contributed by atoms with Gasteiger partial charge in [-0.15, -0.1) is 0 Å². The number of nitrogens with one attached hydrogen (secondary N) is 2. The second kappa shape index (κ2) is 12.6. The largest absolute Gasteiger partial charge is 0.490 e. The molecule has 1 aromatic carbocycles. The molecule has 1 fully saturated rings. The maximum Gasteiger partial charge on any atom is 0.191 e. The van der Waals surface area contributed by atoms with Crippen LogP contribution in [0, 0.1) is 0 Å². The molecule has 0 aliphatic heterocycles. The Morgan fingerprint density at radius 2 is 1.96 bits per heavy atom. The van der Waals surface area contributed by atoms with Crippen LogP contribution in [0.2, 0.25) is 0 Å². The van der Waals surface area contributed by atoms with Gasteiger partial charge in [0, 0.05) is 52.5 Å². The predicted molar refractivity (Wildman–Crippen MR) is 112 cm³/mol. The molecule has 152 valence electrons. The zero-order valence-electron chi connectivity index (χ0n) is 17.2. The minimum absolute atomic E-state index is 0.372. The third kappa shape index (κ3) is 8.18. The maximum absolute atomic E-state index is 6.21. The lowest BCUT2D eigenvalue weighted by atomic mass is 10.2. The summed E-state index contributed by atoms with van der Waals surface area (Å²) >= 11 is 0. The van der Waals surface area contributed by atoms with E-state index in [-0.39, 0.29) is 0 Å². The zero-order chi connectivity index (χ0) is 19.3. The molecule has 6 heteroatoms. The van der Waals surface area contributed by atoms with Crippen LogP contribution in [-0.2, 0) is 11.3 Å². The number of guanidine groups is 1. The smallest absolute Gasteiger partial charge is 0.191 e. The number of methoxy groups -OCH3 is 1. The Hall–Kier alpha value is -1.79. The van der Waals surface area contributed by atoms with Crippen LogP contribution in [0.5, 0.6) is 5.75 Å². The molecule has 2 N–H and O–H groups in total. The average molecular weight is 377 g/mol. The summed E-state index contributed by atoms with van der Waals surface area (Å²) in [7, 11) is 5.68. The number of aliphatic imine (C=N–C) groups is 1. The van der Waals surface area contributed by atoms with Crippen LogP contribution < -0.4 is 15.4 Å². The highest BCUT2D eigenvalue weighted by Gasteiger charge is 2.17. The summed E-state index contributed by atoms with van der Waals surface area (Å²) in [5, 5.41) is 6.78. The molecule has 0 aromatic heterocycles. The van der Waals surface area contributed by atoms with Crippen molar-refractivity contribution in [1.29, 1.82) is 0 Å². The normalized spacial score (nSPS) is 15.3. The van der Waals surface area contributed by atoms with E-state index in [4.69, 9.17) is 9.47 Å². The summed E-state index contributed by atoms with van der Waals surface area (Å²) in [6, 6.07) is 8.29. The van der Waals surface area contributed by atoms with Crippen molar-refractivity contribution in [3.63, 3.8) is 0 Å². The molecule has 1 aliphatic rings. The number of rotatable bonds is 11. The first-order chi connectivity index (χ1) is 13.2. The van der Waals surface area contributed by atoms with Gasteiger partial charge < -0.3 is 25.0 Å². The molecule has 0 heterocycles. The highest BCUT2D eigenvalue weighted by Crippen LogP contribution is 2.26. The van der Waals surface area contributed by atoms with Gasteiger partial charge in [0.25, 0.3) is 0 Å². The van der Waals surface area contributed by atoms with Crippen molar-refractivity contribution in [3.05, 3.63) is 29.8 Å². The number of ether oxygens (including phenoxy) is 2. The van der Waals surface area contributed by atoms with Crippen molar-refractivity contribution in [3.8, 4) is 5.75 Å². The lowest BCUT2D eigenvalue weighted by Gasteiger charge is -2.19. The van der Waals surface area contributed by atoms with Crippen LogP contribution in [0.3, 0.4) is 0 Å². The Morgan fingerprint density at radius 3 is 2.70 bits per heavy atom. The number of likely N-dealkylation sites (N-methyl/N-ethyl adjacent to an activating group) is 1. The SMILES string of the molecule is CN=C(NCCN(C)CCCOC)NCc1ccccc1OC1CCCC1. The van der Waals surface area contributed by atoms with E-state index in [2.05, 4.69) is 45.8 Å². The van der Waals surface area contributed by atoms with Crippen molar-refractivity contribution in [1.82, 2.24) is 15.5 Å². The van der Waals surface area contributed by atoms with E-state index in [0.29, 0.717) is 12.6 Å². The molecular formula is C21H36N4O2. The van der Waals surface area contributed by atoms with Gasteiger partial charge in [-0.25, -0.2) is 0 Å². The summed E-state index contributed by atoms with van der Waals surface area (Å²) in [6.45, 7) is 4.36. The lowest BCUT2D eigenvalue weighted by molar-refractivity contribution is 0.180. The first-order valence-electron chi connectivity index (χ1n) is 10.1. The van der Waals surface area contributed by atoms with Gasteiger partial charge in [-0.05, 0) is 45.2 Å². The highest BCUT2D eigenvalue weighted by molar-refractivity contribution is 5.79. The van der Waals surface area contributed by atoms with Crippen LogP contribution in [0.4, 0.5) is 0 Å². The van der Waals surface area contributed by atoms with Gasteiger partial charge in [-0.2, -0.15) is 0 Å². The molecular weight excluding hydrogens is 340 g/mol. The fourth-order valence-electron chi connectivity index (χ4n) is 3.31. The van der Waals surface area contributed by atoms with Crippen molar-refractivity contribution in [2.75, 3.05) is 47.4 Å². The van der Waals surface area contributed by atoms with Crippen molar-refractivity contribution < 1.29 is 9.47 Å². The molecule has 0 radical (unpaired) electrons. The van der Waals surface area contributed by atoms with Gasteiger partial charge in [0.2, 0.25) is 0 Å². The van der Waals surface area contributed by atoms with Crippen LogP contribution in [0.15, 0.2) is 29.3 Å². The fraction of sp³-hybridized carbons (Fsp3) is 0.667. The number of benzene rings is 1. The number of hydrogen-bond donors (Lipinski definition) is 2. The van der Waals surface area contributed by atoms with E-state index in [1.54, 1.807) is 14.2 Å². The van der Waals surface area contributed by atoms with Gasteiger partial charge in [0.1, 0.15) is 5.75 Å². The number of hydrogen-bond acceptors (Lipinski definition) is 4. The van der Waals surface area contributed by atoms with Crippen molar-refractivity contribution in [2.24, 2.45) is 4.99 Å². The highest BCUT2D eigenvalue weighted by atomic mass is 16.5. The van der Waals surface area contributed by atoms with Gasteiger partial charge in [0.05, 0.1) is 6.10 Å². The maximum atomic E-state index is 6.21. The molecule has 27 heavy (non-hydrogen) atoms. The van der Waals surface area contributed by atoms with Crippen LogP contribution in [-0.4, -0.2) is 64.4 Å². The molecule has 2 rings (SSSR count). The summed E-state index contributed by atoms with van der Waals surface area (Å²) in [6.07, 6.45) is 6.32. The molecule has 6 nitrogen and oxygen atoms in total. The van der Waals surface area contributed by atoms with E-state index in [1.807, 2.05) is 6.07 Å². The van der Waals surface area contributed by atoms with Crippen LogP contribution >= 0.6 is 0 Å². The number of para-hydroxylation sites is 1. The topological polar surface area (TPSA) is 58.1 Å². The van der Waals surface area contributed by atoms with E-state index < -0.39 is 0 Å². The molecule has 0 amide bonds. The van der Waals surface area contributed by atoms with E-state index >= 15 is 0 Å². The van der Waals surface area contributed by atoms with Gasteiger partial charge in [-0.1, -0.05) is 18.2 Å². The minimum atomic E-state index is 0.372. The first kappa shape index (κ1) is 21.5. The Bertz CT molecular complexity index is 559. The molecule has 0 saturated heterocycles. The summed E-state index contributed by atoms with van der Waals surface area (Å²) < 4.78 is 11.3. The van der Waals surface area contributed by atoms with E-state index in [9.17, 15) is 0 Å². The van der Waals surface area contributed by atoms with Crippen LogP contribution in [0.1, 0.15) is 37.7 Å². The molecule has 0 unspecified atom stereocenters. The molecule has 1 aromatic rings. The van der Waals surface area contributed by atoms with Gasteiger partial charge in [0.15, 0.2) is 5.96 Å².